The zero-order chi connectivity index (χ0) is 13.4. The van der Waals surface area contributed by atoms with Crippen molar-refractivity contribution >= 4 is 22.6 Å². The number of furan rings is 1. The van der Waals surface area contributed by atoms with Crippen LogP contribution >= 0.6 is 11.6 Å². The maximum atomic E-state index is 6.18. The minimum atomic E-state index is 0.233. The Bertz CT molecular complexity index is 701. The van der Waals surface area contributed by atoms with Crippen LogP contribution in [-0.4, -0.2) is 9.97 Å². The van der Waals surface area contributed by atoms with Gasteiger partial charge in [0.05, 0.1) is 0 Å². The molecule has 0 saturated heterocycles. The summed E-state index contributed by atoms with van der Waals surface area (Å²) in [4.78, 5) is 8.39. The van der Waals surface area contributed by atoms with Gasteiger partial charge in [-0.3, -0.25) is 0 Å². The van der Waals surface area contributed by atoms with Gasteiger partial charge in [0.2, 0.25) is 0 Å². The minimum absolute atomic E-state index is 0.233. The van der Waals surface area contributed by atoms with E-state index in [0.717, 1.165) is 28.0 Å². The van der Waals surface area contributed by atoms with Crippen molar-refractivity contribution < 1.29 is 4.42 Å². The molecule has 0 aliphatic carbocycles. The summed E-state index contributed by atoms with van der Waals surface area (Å²) in [5, 5.41) is 1.54. The Labute approximate surface area is 116 Å². The van der Waals surface area contributed by atoms with Crippen LogP contribution in [-0.2, 0) is 0 Å². The number of aromatic nitrogens is 2. The van der Waals surface area contributed by atoms with E-state index in [1.165, 1.54) is 6.33 Å². The Kier molecular flexibility index (Phi) is 2.99. The SMILES string of the molecule is CC(C)c1c(Cl)ncnc1-c1cc2ccccc2o1. The molecule has 0 bridgehead atoms. The molecule has 0 aliphatic heterocycles. The molecule has 2 heterocycles. The van der Waals surface area contributed by atoms with E-state index >= 15 is 0 Å². The van der Waals surface area contributed by atoms with Crippen molar-refractivity contribution in [3.05, 3.63) is 47.4 Å². The summed E-state index contributed by atoms with van der Waals surface area (Å²) in [6.07, 6.45) is 1.47. The van der Waals surface area contributed by atoms with Gasteiger partial charge in [-0.1, -0.05) is 43.6 Å². The van der Waals surface area contributed by atoms with Crippen LogP contribution < -0.4 is 0 Å². The molecule has 3 rings (SSSR count). The molecule has 0 N–H and O–H groups in total. The van der Waals surface area contributed by atoms with Gasteiger partial charge in [-0.25, -0.2) is 9.97 Å². The quantitative estimate of drug-likeness (QED) is 0.637. The minimum Gasteiger partial charge on any atom is -0.454 e. The average Bonchev–Trinajstić information content (AvgIpc) is 2.81. The molecule has 0 fully saturated rings. The predicted molar refractivity (Wildman–Crippen MR) is 76.3 cm³/mol. The van der Waals surface area contributed by atoms with Crippen molar-refractivity contribution in [3.63, 3.8) is 0 Å². The van der Waals surface area contributed by atoms with Crippen LogP contribution in [0.3, 0.4) is 0 Å². The van der Waals surface area contributed by atoms with Crippen LogP contribution in [0.4, 0.5) is 0 Å². The molecule has 0 spiro atoms. The molecule has 2 aromatic heterocycles. The molecule has 0 aliphatic rings. The van der Waals surface area contributed by atoms with Gasteiger partial charge in [-0.2, -0.15) is 0 Å². The number of hydrogen-bond acceptors (Lipinski definition) is 3. The molecule has 4 heteroatoms. The lowest BCUT2D eigenvalue weighted by Crippen LogP contribution is -1.98. The summed E-state index contributed by atoms with van der Waals surface area (Å²) in [6, 6.07) is 9.88. The zero-order valence-corrected chi connectivity index (χ0v) is 11.5. The smallest absolute Gasteiger partial charge is 0.154 e. The Hall–Kier alpha value is -1.87. The highest BCUT2D eigenvalue weighted by atomic mass is 35.5. The fourth-order valence-corrected chi connectivity index (χ4v) is 2.53. The molecule has 96 valence electrons. The number of nitrogens with zero attached hydrogens (tertiary/aromatic N) is 2. The van der Waals surface area contributed by atoms with Crippen LogP contribution in [0.1, 0.15) is 25.3 Å². The van der Waals surface area contributed by atoms with Gasteiger partial charge < -0.3 is 4.42 Å². The summed E-state index contributed by atoms with van der Waals surface area (Å²) < 4.78 is 5.85. The van der Waals surface area contributed by atoms with Crippen LogP contribution in [0.15, 0.2) is 41.1 Å². The molecule has 0 atom stereocenters. The third-order valence-corrected chi connectivity index (χ3v) is 3.37. The van der Waals surface area contributed by atoms with Crippen molar-refractivity contribution in [2.24, 2.45) is 0 Å². The molecule has 19 heavy (non-hydrogen) atoms. The molecule has 0 unspecified atom stereocenters. The van der Waals surface area contributed by atoms with Gasteiger partial charge in [0, 0.05) is 10.9 Å². The molecule has 0 radical (unpaired) electrons. The summed E-state index contributed by atoms with van der Waals surface area (Å²) >= 11 is 6.18. The molecule has 3 nitrogen and oxygen atoms in total. The van der Waals surface area contributed by atoms with Crippen LogP contribution in [0, 0.1) is 0 Å². The number of benzene rings is 1. The molecule has 0 saturated carbocycles. The Morgan fingerprint density at radius 2 is 1.95 bits per heavy atom. The number of hydrogen-bond donors (Lipinski definition) is 0. The Balaban J connectivity index is 2.24. The molecule has 1 aromatic carbocycles. The normalized spacial score (nSPS) is 11.4. The fraction of sp³-hybridized carbons (Fsp3) is 0.200. The van der Waals surface area contributed by atoms with Gasteiger partial charge in [0.25, 0.3) is 0 Å². The average molecular weight is 273 g/mol. The van der Waals surface area contributed by atoms with E-state index in [4.69, 9.17) is 16.0 Å². The van der Waals surface area contributed by atoms with E-state index in [2.05, 4.69) is 23.8 Å². The third kappa shape index (κ3) is 2.10. The van der Waals surface area contributed by atoms with Crippen LogP contribution in [0.5, 0.6) is 0 Å². The van der Waals surface area contributed by atoms with E-state index < -0.39 is 0 Å². The first-order valence-corrected chi connectivity index (χ1v) is 6.54. The van der Waals surface area contributed by atoms with Crippen LogP contribution in [0.25, 0.3) is 22.4 Å². The second kappa shape index (κ2) is 4.67. The van der Waals surface area contributed by atoms with E-state index in [1.807, 2.05) is 30.3 Å². The zero-order valence-electron chi connectivity index (χ0n) is 10.7. The maximum absolute atomic E-state index is 6.18. The first-order chi connectivity index (χ1) is 9.16. The van der Waals surface area contributed by atoms with Gasteiger partial charge in [0.15, 0.2) is 5.76 Å². The van der Waals surface area contributed by atoms with E-state index in [9.17, 15) is 0 Å². The molecule has 3 aromatic rings. The highest BCUT2D eigenvalue weighted by Gasteiger charge is 2.17. The standard InChI is InChI=1S/C15H13ClN2O/c1-9(2)13-14(17-8-18-15(13)16)12-7-10-5-3-4-6-11(10)19-12/h3-9H,1-2H3. The van der Waals surface area contributed by atoms with E-state index in [-0.39, 0.29) is 5.92 Å². The summed E-state index contributed by atoms with van der Waals surface area (Å²) in [5.41, 5.74) is 2.54. The highest BCUT2D eigenvalue weighted by Crippen LogP contribution is 2.34. The highest BCUT2D eigenvalue weighted by molar-refractivity contribution is 6.30. The lowest BCUT2D eigenvalue weighted by molar-refractivity contribution is 0.625. The summed E-state index contributed by atoms with van der Waals surface area (Å²) in [5.74, 6) is 0.964. The Morgan fingerprint density at radius 1 is 1.16 bits per heavy atom. The second-order valence-electron chi connectivity index (χ2n) is 4.73. The van der Waals surface area contributed by atoms with Gasteiger partial charge >= 0.3 is 0 Å². The summed E-state index contributed by atoms with van der Waals surface area (Å²) in [7, 11) is 0. The molecular weight excluding hydrogens is 260 g/mol. The largest absolute Gasteiger partial charge is 0.454 e. The number of rotatable bonds is 2. The first-order valence-electron chi connectivity index (χ1n) is 6.16. The summed E-state index contributed by atoms with van der Waals surface area (Å²) in [6.45, 7) is 4.13. The monoisotopic (exact) mass is 272 g/mol. The number of halogens is 1. The van der Waals surface area contributed by atoms with Gasteiger partial charge in [0.1, 0.15) is 22.8 Å². The van der Waals surface area contributed by atoms with Gasteiger partial charge in [-0.05, 0) is 18.1 Å². The maximum Gasteiger partial charge on any atom is 0.154 e. The fourth-order valence-electron chi connectivity index (χ4n) is 2.18. The van der Waals surface area contributed by atoms with Crippen molar-refractivity contribution in [1.29, 1.82) is 0 Å². The van der Waals surface area contributed by atoms with Crippen molar-refractivity contribution in [3.8, 4) is 11.5 Å². The molecular formula is C15H13ClN2O. The lowest BCUT2D eigenvalue weighted by atomic mass is 10.0. The topological polar surface area (TPSA) is 38.9 Å². The molecule has 0 amide bonds. The lowest BCUT2D eigenvalue weighted by Gasteiger charge is -2.10. The Morgan fingerprint density at radius 3 is 2.68 bits per heavy atom. The number of fused-ring (bicyclic) bond motifs is 1. The van der Waals surface area contributed by atoms with E-state index in [1.54, 1.807) is 0 Å². The van der Waals surface area contributed by atoms with Gasteiger partial charge in [-0.15, -0.1) is 0 Å². The van der Waals surface area contributed by atoms with Crippen molar-refractivity contribution in [2.75, 3.05) is 0 Å². The second-order valence-corrected chi connectivity index (χ2v) is 5.09. The van der Waals surface area contributed by atoms with Crippen molar-refractivity contribution in [1.82, 2.24) is 9.97 Å². The first kappa shape index (κ1) is 12.2. The number of para-hydroxylation sites is 1. The van der Waals surface area contributed by atoms with Crippen molar-refractivity contribution in [2.45, 2.75) is 19.8 Å². The third-order valence-electron chi connectivity index (χ3n) is 3.07. The van der Waals surface area contributed by atoms with Crippen LogP contribution in [0.2, 0.25) is 5.15 Å². The predicted octanol–water partition coefficient (Wildman–Crippen LogP) is 4.67. The van der Waals surface area contributed by atoms with E-state index in [0.29, 0.717) is 5.15 Å².